The molecule has 2 aromatic carbocycles. The predicted molar refractivity (Wildman–Crippen MR) is 124 cm³/mol. The Bertz CT molecular complexity index is 1360. The van der Waals surface area contributed by atoms with Gasteiger partial charge in [-0.1, -0.05) is 42.5 Å². The maximum Gasteiger partial charge on any atom is 0.333 e. The van der Waals surface area contributed by atoms with Gasteiger partial charge in [-0.25, -0.2) is 15.1 Å². The first kappa shape index (κ1) is 20.9. The zero-order valence-electron chi connectivity index (χ0n) is 17.5. The minimum absolute atomic E-state index is 0.126. The number of nitrogens with two attached hydrogens (primary N) is 1. The maximum atomic E-state index is 11.1. The van der Waals surface area contributed by atoms with E-state index in [2.05, 4.69) is 56.3 Å². The Hall–Kier alpha value is -3.01. The molecule has 0 unspecified atom stereocenters. The smallest absolute Gasteiger partial charge is 0.333 e. The number of hydrogen-bond donors (Lipinski definition) is 2. The highest BCUT2D eigenvalue weighted by atomic mass is 32.2. The van der Waals surface area contributed by atoms with Crippen LogP contribution >= 0.6 is 0 Å². The van der Waals surface area contributed by atoms with Crippen LogP contribution < -0.4 is 10.5 Å². The van der Waals surface area contributed by atoms with Gasteiger partial charge in [0, 0.05) is 18.8 Å². The van der Waals surface area contributed by atoms with Crippen LogP contribution in [0, 0.1) is 5.92 Å². The van der Waals surface area contributed by atoms with Crippen LogP contribution in [0.1, 0.15) is 30.9 Å². The van der Waals surface area contributed by atoms with Crippen molar-refractivity contribution in [3.05, 3.63) is 66.6 Å². The van der Waals surface area contributed by atoms with E-state index in [1.807, 2.05) is 18.3 Å². The first-order chi connectivity index (χ1) is 15.5. The van der Waals surface area contributed by atoms with Gasteiger partial charge in [0.15, 0.2) is 0 Å². The Morgan fingerprint density at radius 2 is 1.91 bits per heavy atom. The molecular formula is C23H25N5O3S. The van der Waals surface area contributed by atoms with E-state index in [4.69, 9.17) is 9.32 Å². The van der Waals surface area contributed by atoms with E-state index in [1.165, 1.54) is 16.3 Å². The van der Waals surface area contributed by atoms with Gasteiger partial charge in [0.25, 0.3) is 0 Å². The third-order valence-electron chi connectivity index (χ3n) is 6.21. The van der Waals surface area contributed by atoms with Gasteiger partial charge in [-0.2, -0.15) is 8.42 Å². The van der Waals surface area contributed by atoms with Crippen LogP contribution in [0.2, 0.25) is 0 Å². The minimum Gasteiger partial charge on any atom is -0.365 e. The molecule has 32 heavy (non-hydrogen) atoms. The summed E-state index contributed by atoms with van der Waals surface area (Å²) in [6.45, 7) is 0.788. The second-order valence-corrected chi connectivity index (χ2v) is 9.51. The van der Waals surface area contributed by atoms with E-state index in [1.54, 1.807) is 6.33 Å². The first-order valence-corrected chi connectivity index (χ1v) is 12.1. The molecule has 1 aliphatic carbocycles. The standard InChI is InChI=1S/C23H25N5O3S/c24-32(29,30)31-14-16-8-9-19(12-16)28-11-10-21-22(26-15-27-23(21)28)25-13-18-6-3-5-17-4-1-2-7-20(17)18/h1-7,10-11,15-16,19H,8-9,12-14H2,(H2,24,29,30)(H,25,26,27)/t16-,19-/m0/s1. The van der Waals surface area contributed by atoms with E-state index >= 15 is 0 Å². The molecule has 1 fully saturated rings. The van der Waals surface area contributed by atoms with Crippen LogP contribution in [0.4, 0.5) is 5.82 Å². The maximum absolute atomic E-state index is 11.1. The highest BCUT2D eigenvalue weighted by Gasteiger charge is 2.28. The summed E-state index contributed by atoms with van der Waals surface area (Å²) in [7, 11) is -3.90. The zero-order valence-corrected chi connectivity index (χ0v) is 18.3. The summed E-state index contributed by atoms with van der Waals surface area (Å²) in [4.78, 5) is 9.00. The van der Waals surface area contributed by atoms with E-state index in [-0.39, 0.29) is 18.6 Å². The number of benzene rings is 2. The molecule has 1 aliphatic rings. The lowest BCUT2D eigenvalue weighted by molar-refractivity contribution is 0.253. The van der Waals surface area contributed by atoms with Crippen molar-refractivity contribution in [3.63, 3.8) is 0 Å². The number of hydrogen-bond acceptors (Lipinski definition) is 6. The van der Waals surface area contributed by atoms with Crippen LogP contribution in [0.5, 0.6) is 0 Å². The van der Waals surface area contributed by atoms with Crippen molar-refractivity contribution in [2.75, 3.05) is 11.9 Å². The Kier molecular flexibility index (Phi) is 5.54. The molecule has 0 aliphatic heterocycles. The van der Waals surface area contributed by atoms with Crippen molar-refractivity contribution in [2.45, 2.75) is 31.8 Å². The fourth-order valence-electron chi connectivity index (χ4n) is 4.68. The van der Waals surface area contributed by atoms with E-state index in [0.717, 1.165) is 36.1 Å². The molecule has 8 nitrogen and oxygen atoms in total. The normalized spacial score (nSPS) is 19.0. The summed E-state index contributed by atoms with van der Waals surface area (Å²) < 4.78 is 29.1. The number of fused-ring (bicyclic) bond motifs is 2. The molecule has 2 atom stereocenters. The quantitative estimate of drug-likeness (QED) is 0.442. The van der Waals surface area contributed by atoms with Crippen LogP contribution in [0.3, 0.4) is 0 Å². The molecule has 2 aromatic heterocycles. The first-order valence-electron chi connectivity index (χ1n) is 10.7. The van der Waals surface area contributed by atoms with E-state index in [0.29, 0.717) is 6.54 Å². The number of rotatable bonds is 7. The van der Waals surface area contributed by atoms with Crippen molar-refractivity contribution >= 4 is 37.9 Å². The average molecular weight is 452 g/mol. The summed E-state index contributed by atoms with van der Waals surface area (Å²) >= 11 is 0. The predicted octanol–water partition coefficient (Wildman–Crippen LogP) is 3.76. The van der Waals surface area contributed by atoms with Gasteiger partial charge < -0.3 is 9.88 Å². The summed E-state index contributed by atoms with van der Waals surface area (Å²) in [6, 6.07) is 16.9. The molecule has 1 saturated carbocycles. The van der Waals surface area contributed by atoms with Gasteiger partial charge in [0.1, 0.15) is 17.8 Å². The average Bonchev–Trinajstić information content (AvgIpc) is 3.43. The Labute approximate surface area is 186 Å². The largest absolute Gasteiger partial charge is 0.365 e. The van der Waals surface area contributed by atoms with Crippen LogP contribution in [-0.2, 0) is 21.0 Å². The highest BCUT2D eigenvalue weighted by molar-refractivity contribution is 7.84. The molecule has 0 bridgehead atoms. The van der Waals surface area contributed by atoms with Crippen molar-refractivity contribution in [1.82, 2.24) is 14.5 Å². The number of anilines is 1. The van der Waals surface area contributed by atoms with Crippen molar-refractivity contribution in [1.29, 1.82) is 0 Å². The number of nitrogens with zero attached hydrogens (tertiary/aromatic N) is 3. The summed E-state index contributed by atoms with van der Waals surface area (Å²) in [5.41, 5.74) is 2.08. The molecule has 3 N–H and O–H groups in total. The Morgan fingerprint density at radius 3 is 2.78 bits per heavy atom. The van der Waals surface area contributed by atoms with Gasteiger partial charge >= 0.3 is 10.3 Å². The summed E-state index contributed by atoms with van der Waals surface area (Å²) in [5.74, 6) is 0.954. The molecule has 4 aromatic rings. The van der Waals surface area contributed by atoms with Gasteiger partial charge in [-0.05, 0) is 47.6 Å². The second kappa shape index (κ2) is 8.50. The van der Waals surface area contributed by atoms with Gasteiger partial charge in [0.2, 0.25) is 0 Å². The summed E-state index contributed by atoms with van der Waals surface area (Å²) in [6.07, 6.45) is 6.27. The Balaban J connectivity index is 1.33. The lowest BCUT2D eigenvalue weighted by Gasteiger charge is -2.15. The van der Waals surface area contributed by atoms with Gasteiger partial charge in [-0.15, -0.1) is 0 Å². The topological polar surface area (TPSA) is 112 Å². The van der Waals surface area contributed by atoms with Crippen LogP contribution in [0.15, 0.2) is 61.1 Å². The molecule has 2 heterocycles. The molecule has 0 saturated heterocycles. The van der Waals surface area contributed by atoms with Gasteiger partial charge in [0.05, 0.1) is 12.0 Å². The third-order valence-corrected chi connectivity index (χ3v) is 6.68. The number of aromatic nitrogens is 3. The number of nitrogens with one attached hydrogen (secondary N) is 1. The molecule has 0 radical (unpaired) electrons. The zero-order chi connectivity index (χ0) is 22.1. The highest BCUT2D eigenvalue weighted by Crippen LogP contribution is 2.37. The SMILES string of the molecule is NS(=O)(=O)OC[C@H]1CC[C@H](n2ccc3c(NCc4cccc5ccccc45)ncnc32)C1. The molecule has 166 valence electrons. The fourth-order valence-corrected chi connectivity index (χ4v) is 5.06. The van der Waals surface area contributed by atoms with Crippen molar-refractivity contribution in [2.24, 2.45) is 11.1 Å². The van der Waals surface area contributed by atoms with E-state index < -0.39 is 10.3 Å². The van der Waals surface area contributed by atoms with Crippen LogP contribution in [0.25, 0.3) is 21.8 Å². The summed E-state index contributed by atoms with van der Waals surface area (Å²) in [5, 5.41) is 11.8. The molecular weight excluding hydrogens is 426 g/mol. The van der Waals surface area contributed by atoms with Crippen LogP contribution in [-0.4, -0.2) is 29.6 Å². The van der Waals surface area contributed by atoms with Crippen molar-refractivity contribution < 1.29 is 12.6 Å². The molecule has 5 rings (SSSR count). The minimum atomic E-state index is -3.90. The van der Waals surface area contributed by atoms with E-state index in [9.17, 15) is 8.42 Å². The third kappa shape index (κ3) is 4.32. The van der Waals surface area contributed by atoms with Gasteiger partial charge in [-0.3, -0.25) is 4.18 Å². The fraction of sp³-hybridized carbons (Fsp3) is 0.304. The Morgan fingerprint density at radius 1 is 1.06 bits per heavy atom. The molecule has 0 spiro atoms. The molecule has 0 amide bonds. The van der Waals surface area contributed by atoms with Crippen molar-refractivity contribution in [3.8, 4) is 0 Å². The second-order valence-electron chi connectivity index (χ2n) is 8.28. The lowest BCUT2D eigenvalue weighted by Crippen LogP contribution is -2.19. The monoisotopic (exact) mass is 451 g/mol. The molecule has 9 heteroatoms. The lowest BCUT2D eigenvalue weighted by atomic mass is 10.0.